The molecular weight excluding hydrogens is 373 g/mol. The molecule has 2 aromatic rings. The molecule has 1 N–H and O–H groups in total. The lowest BCUT2D eigenvalue weighted by Gasteiger charge is -2.20. The van der Waals surface area contributed by atoms with E-state index in [1.165, 1.54) is 0 Å². The van der Waals surface area contributed by atoms with Crippen molar-refractivity contribution in [2.45, 2.75) is 12.5 Å². The summed E-state index contributed by atoms with van der Waals surface area (Å²) in [6, 6.07) is 11.6. The Morgan fingerprint density at radius 2 is 1.81 bits per heavy atom. The van der Waals surface area contributed by atoms with E-state index in [1.54, 1.807) is 7.11 Å². The van der Waals surface area contributed by atoms with Crippen molar-refractivity contribution < 1.29 is 4.74 Å². The van der Waals surface area contributed by atoms with Crippen LogP contribution in [0.5, 0.6) is 5.75 Å². The smallest absolute Gasteiger partial charge is 0.122 e. The summed E-state index contributed by atoms with van der Waals surface area (Å²) >= 11 is 15.7. The summed E-state index contributed by atoms with van der Waals surface area (Å²) in [4.78, 5) is 0. The number of benzene rings is 2. The highest BCUT2D eigenvalue weighted by Gasteiger charge is 2.16. The molecule has 1 atom stereocenters. The van der Waals surface area contributed by atoms with Gasteiger partial charge in [-0.2, -0.15) is 0 Å². The zero-order valence-electron chi connectivity index (χ0n) is 11.8. The zero-order valence-corrected chi connectivity index (χ0v) is 14.9. The molecule has 0 bridgehead atoms. The first kappa shape index (κ1) is 16.6. The maximum Gasteiger partial charge on any atom is 0.122 e. The summed E-state index contributed by atoms with van der Waals surface area (Å²) in [6.45, 7) is 0. The van der Waals surface area contributed by atoms with Crippen LogP contribution in [0.15, 0.2) is 40.9 Å². The van der Waals surface area contributed by atoms with Crippen molar-refractivity contribution >= 4 is 39.1 Å². The van der Waals surface area contributed by atoms with Crippen molar-refractivity contribution in [1.82, 2.24) is 5.32 Å². The quantitative estimate of drug-likeness (QED) is 0.753. The Hall–Kier alpha value is -0.740. The second kappa shape index (κ2) is 7.50. The molecule has 1 unspecified atom stereocenters. The van der Waals surface area contributed by atoms with Crippen molar-refractivity contribution in [1.29, 1.82) is 0 Å². The van der Waals surface area contributed by atoms with Crippen molar-refractivity contribution in [3.8, 4) is 5.75 Å². The van der Waals surface area contributed by atoms with Gasteiger partial charge in [0.05, 0.1) is 7.11 Å². The third-order valence-corrected chi connectivity index (χ3v) is 4.51. The first-order chi connectivity index (χ1) is 10.0. The van der Waals surface area contributed by atoms with Crippen LogP contribution in [0.4, 0.5) is 0 Å². The summed E-state index contributed by atoms with van der Waals surface area (Å²) in [5.74, 6) is 0.838. The van der Waals surface area contributed by atoms with E-state index in [4.69, 9.17) is 27.9 Å². The van der Waals surface area contributed by atoms with Gasteiger partial charge in [-0.1, -0.05) is 45.2 Å². The minimum absolute atomic E-state index is 0.129. The SMILES string of the molecule is CNC(Cc1cc(Cl)ccc1OC)c1ccc(Cl)cc1Br. The highest BCUT2D eigenvalue weighted by atomic mass is 79.9. The maximum absolute atomic E-state index is 6.10. The van der Waals surface area contributed by atoms with Crippen LogP contribution >= 0.6 is 39.1 Å². The number of hydrogen-bond donors (Lipinski definition) is 1. The topological polar surface area (TPSA) is 21.3 Å². The number of methoxy groups -OCH3 is 1. The molecule has 0 amide bonds. The monoisotopic (exact) mass is 387 g/mol. The van der Waals surface area contributed by atoms with Crippen LogP contribution in [0, 0.1) is 0 Å². The molecule has 2 rings (SSSR count). The Morgan fingerprint density at radius 3 is 2.43 bits per heavy atom. The van der Waals surface area contributed by atoms with Crippen LogP contribution in [0.3, 0.4) is 0 Å². The fraction of sp³-hybridized carbons (Fsp3) is 0.250. The fourth-order valence-electron chi connectivity index (χ4n) is 2.28. The highest BCUT2D eigenvalue weighted by molar-refractivity contribution is 9.10. The van der Waals surface area contributed by atoms with Gasteiger partial charge in [-0.25, -0.2) is 0 Å². The molecule has 112 valence electrons. The fourth-order valence-corrected chi connectivity index (χ4v) is 3.43. The number of nitrogens with one attached hydrogen (secondary N) is 1. The third-order valence-electron chi connectivity index (χ3n) is 3.35. The molecule has 2 nitrogen and oxygen atoms in total. The molecular formula is C16H16BrCl2NO. The van der Waals surface area contributed by atoms with Gasteiger partial charge < -0.3 is 10.1 Å². The number of hydrogen-bond acceptors (Lipinski definition) is 2. The van der Waals surface area contributed by atoms with Crippen LogP contribution in [0.1, 0.15) is 17.2 Å². The molecule has 0 saturated carbocycles. The highest BCUT2D eigenvalue weighted by Crippen LogP contribution is 2.32. The van der Waals surface area contributed by atoms with Crippen molar-refractivity contribution in [2.75, 3.05) is 14.2 Å². The predicted octanol–water partition coefficient (Wildman–Crippen LogP) is 5.27. The summed E-state index contributed by atoms with van der Waals surface area (Å²) in [7, 11) is 3.60. The van der Waals surface area contributed by atoms with Crippen molar-refractivity contribution in [3.05, 3.63) is 62.0 Å². The van der Waals surface area contributed by atoms with Gasteiger partial charge in [-0.3, -0.25) is 0 Å². The number of ether oxygens (including phenoxy) is 1. The number of likely N-dealkylation sites (N-methyl/N-ethyl adjacent to an activating group) is 1. The molecule has 0 spiro atoms. The van der Waals surface area contributed by atoms with Crippen LogP contribution in [0.2, 0.25) is 10.0 Å². The lowest BCUT2D eigenvalue weighted by Crippen LogP contribution is -2.19. The van der Waals surface area contributed by atoms with Crippen LogP contribution in [-0.4, -0.2) is 14.2 Å². The van der Waals surface area contributed by atoms with Gasteiger partial charge in [0.1, 0.15) is 5.75 Å². The van der Waals surface area contributed by atoms with Gasteiger partial charge in [-0.05, 0) is 54.9 Å². The first-order valence-electron chi connectivity index (χ1n) is 6.49. The van der Waals surface area contributed by atoms with Gasteiger partial charge >= 0.3 is 0 Å². The molecule has 2 aromatic carbocycles. The molecule has 5 heteroatoms. The molecule has 0 radical (unpaired) electrons. The van der Waals surface area contributed by atoms with E-state index in [2.05, 4.69) is 21.2 Å². The van der Waals surface area contributed by atoms with Crippen LogP contribution in [-0.2, 0) is 6.42 Å². The molecule has 0 saturated heterocycles. The van der Waals surface area contributed by atoms with E-state index < -0.39 is 0 Å². The van der Waals surface area contributed by atoms with Crippen LogP contribution < -0.4 is 10.1 Å². The lowest BCUT2D eigenvalue weighted by atomic mass is 9.98. The Morgan fingerprint density at radius 1 is 1.14 bits per heavy atom. The zero-order chi connectivity index (χ0) is 15.4. The van der Waals surface area contributed by atoms with Crippen molar-refractivity contribution in [2.24, 2.45) is 0 Å². The van der Waals surface area contributed by atoms with E-state index >= 15 is 0 Å². The first-order valence-corrected chi connectivity index (χ1v) is 8.04. The summed E-state index contributed by atoms with van der Waals surface area (Å²) in [5.41, 5.74) is 2.20. The Kier molecular flexibility index (Phi) is 5.94. The van der Waals surface area contributed by atoms with E-state index in [1.807, 2.05) is 43.4 Å². The molecule has 0 aliphatic heterocycles. The van der Waals surface area contributed by atoms with E-state index in [9.17, 15) is 0 Å². The van der Waals surface area contributed by atoms with E-state index in [0.717, 1.165) is 27.8 Å². The average molecular weight is 389 g/mol. The summed E-state index contributed by atoms with van der Waals surface area (Å²) < 4.78 is 6.39. The molecule has 0 aromatic heterocycles. The Balaban J connectivity index is 2.33. The molecule has 21 heavy (non-hydrogen) atoms. The maximum atomic E-state index is 6.10. The molecule has 0 aliphatic carbocycles. The average Bonchev–Trinajstić information content (AvgIpc) is 2.45. The number of halogens is 3. The second-order valence-corrected chi connectivity index (χ2v) is 6.39. The van der Waals surface area contributed by atoms with Gasteiger partial charge in [0.15, 0.2) is 0 Å². The van der Waals surface area contributed by atoms with Gasteiger partial charge in [-0.15, -0.1) is 0 Å². The summed E-state index contributed by atoms with van der Waals surface area (Å²) in [5, 5.41) is 4.74. The van der Waals surface area contributed by atoms with Crippen LogP contribution in [0.25, 0.3) is 0 Å². The Bertz CT molecular complexity index is 634. The summed E-state index contributed by atoms with van der Waals surface area (Å²) in [6.07, 6.45) is 0.764. The van der Waals surface area contributed by atoms with Gasteiger partial charge in [0, 0.05) is 20.6 Å². The number of rotatable bonds is 5. The van der Waals surface area contributed by atoms with Crippen molar-refractivity contribution in [3.63, 3.8) is 0 Å². The minimum atomic E-state index is 0.129. The lowest BCUT2D eigenvalue weighted by molar-refractivity contribution is 0.406. The molecule has 0 aliphatic rings. The molecule has 0 fully saturated rings. The Labute approximate surface area is 143 Å². The largest absolute Gasteiger partial charge is 0.496 e. The van der Waals surface area contributed by atoms with Gasteiger partial charge in [0.2, 0.25) is 0 Å². The third kappa shape index (κ3) is 4.13. The standard InChI is InChI=1S/C16H16BrCl2NO/c1-20-15(13-5-3-12(19)9-14(13)17)8-10-7-11(18)4-6-16(10)21-2/h3-7,9,15,20H,8H2,1-2H3. The minimum Gasteiger partial charge on any atom is -0.496 e. The normalized spacial score (nSPS) is 12.2. The molecule has 0 heterocycles. The second-order valence-electron chi connectivity index (χ2n) is 4.67. The van der Waals surface area contributed by atoms with E-state index in [-0.39, 0.29) is 6.04 Å². The van der Waals surface area contributed by atoms with Gasteiger partial charge in [0.25, 0.3) is 0 Å². The predicted molar refractivity (Wildman–Crippen MR) is 92.7 cm³/mol. The van der Waals surface area contributed by atoms with E-state index in [0.29, 0.717) is 10.0 Å².